The predicted molar refractivity (Wildman–Crippen MR) is 62.8 cm³/mol. The molecule has 0 bridgehead atoms. The molecule has 4 nitrogen and oxygen atoms in total. The maximum absolute atomic E-state index is 13.0. The van der Waals surface area contributed by atoms with Crippen LogP contribution in [0.4, 0.5) is 10.1 Å². The van der Waals surface area contributed by atoms with Gasteiger partial charge in [0.15, 0.2) is 0 Å². The summed E-state index contributed by atoms with van der Waals surface area (Å²) in [6.45, 7) is 3.55. The fourth-order valence-corrected chi connectivity index (χ4v) is 2.15. The Kier molecular flexibility index (Phi) is 3.28. The van der Waals surface area contributed by atoms with Crippen molar-refractivity contribution < 1.29 is 14.3 Å². The number of benzene rings is 1. The number of aryl methyl sites for hydroxylation is 1. The zero-order valence-corrected chi connectivity index (χ0v) is 9.61. The van der Waals surface area contributed by atoms with Crippen LogP contribution >= 0.6 is 0 Å². The normalized spacial score (nSPS) is 20.4. The molecule has 0 saturated carbocycles. The summed E-state index contributed by atoms with van der Waals surface area (Å²) in [5, 5.41) is 12.2. The third-order valence-electron chi connectivity index (χ3n) is 3.00. The van der Waals surface area contributed by atoms with Gasteiger partial charge in [-0.3, -0.25) is 0 Å². The number of rotatable bonds is 2. The average molecular weight is 238 g/mol. The first-order valence-electron chi connectivity index (χ1n) is 5.56. The molecule has 1 atom stereocenters. The molecule has 2 rings (SSSR count). The third-order valence-corrected chi connectivity index (χ3v) is 3.00. The van der Waals surface area contributed by atoms with Crippen molar-refractivity contribution in [2.75, 3.05) is 24.5 Å². The highest BCUT2D eigenvalue weighted by Gasteiger charge is 2.29. The fraction of sp³-hybridized carbons (Fsp3) is 0.417. The second kappa shape index (κ2) is 4.71. The molecule has 5 heteroatoms. The van der Waals surface area contributed by atoms with Crippen molar-refractivity contribution in [3.05, 3.63) is 29.6 Å². The summed E-state index contributed by atoms with van der Waals surface area (Å²) in [5.41, 5.74) is 1.55. The van der Waals surface area contributed by atoms with Crippen LogP contribution < -0.4 is 10.2 Å². The van der Waals surface area contributed by atoms with Crippen LogP contribution in [-0.2, 0) is 4.79 Å². The van der Waals surface area contributed by atoms with Gasteiger partial charge in [0, 0.05) is 25.3 Å². The first kappa shape index (κ1) is 11.9. The highest BCUT2D eigenvalue weighted by atomic mass is 19.1. The van der Waals surface area contributed by atoms with E-state index in [1.807, 2.05) is 4.90 Å². The predicted octanol–water partition coefficient (Wildman–Crippen LogP) is 0.997. The lowest BCUT2D eigenvalue weighted by Crippen LogP contribution is -2.55. The van der Waals surface area contributed by atoms with Crippen molar-refractivity contribution in [2.24, 2.45) is 0 Å². The van der Waals surface area contributed by atoms with E-state index in [1.54, 1.807) is 13.0 Å². The van der Waals surface area contributed by atoms with Gasteiger partial charge in [0.25, 0.3) is 0 Å². The molecule has 1 fully saturated rings. The molecule has 0 aromatic heterocycles. The molecule has 1 heterocycles. The standard InChI is InChI=1S/C12H15FN2O2/c1-8-6-9(13)2-3-10(8)15-5-4-14-7-11(15)12(16)17/h2-3,6,11,14H,4-5,7H2,1H3,(H,16,17). The van der Waals surface area contributed by atoms with Crippen molar-refractivity contribution >= 4 is 11.7 Å². The fourth-order valence-electron chi connectivity index (χ4n) is 2.15. The molecule has 0 spiro atoms. The van der Waals surface area contributed by atoms with Gasteiger partial charge in [-0.2, -0.15) is 0 Å². The summed E-state index contributed by atoms with van der Waals surface area (Å²) in [5.74, 6) is -1.16. The van der Waals surface area contributed by atoms with Crippen LogP contribution in [0.3, 0.4) is 0 Å². The summed E-state index contributed by atoms with van der Waals surface area (Å²) < 4.78 is 13.0. The Labute approximate surface area is 99.0 Å². The van der Waals surface area contributed by atoms with Gasteiger partial charge in [0.1, 0.15) is 11.9 Å². The second-order valence-corrected chi connectivity index (χ2v) is 4.18. The van der Waals surface area contributed by atoms with Crippen LogP contribution in [0, 0.1) is 12.7 Å². The highest BCUT2D eigenvalue weighted by molar-refractivity contribution is 5.79. The van der Waals surface area contributed by atoms with Crippen molar-refractivity contribution in [2.45, 2.75) is 13.0 Å². The Balaban J connectivity index is 2.32. The lowest BCUT2D eigenvalue weighted by Gasteiger charge is -2.36. The largest absolute Gasteiger partial charge is 0.480 e. The first-order valence-corrected chi connectivity index (χ1v) is 5.56. The van der Waals surface area contributed by atoms with Gasteiger partial charge in [-0.1, -0.05) is 0 Å². The molecule has 1 saturated heterocycles. The van der Waals surface area contributed by atoms with Crippen molar-refractivity contribution in [3.63, 3.8) is 0 Å². The van der Waals surface area contributed by atoms with E-state index in [9.17, 15) is 9.18 Å². The number of halogens is 1. The lowest BCUT2D eigenvalue weighted by molar-refractivity contribution is -0.138. The summed E-state index contributed by atoms with van der Waals surface area (Å²) >= 11 is 0. The number of nitrogens with one attached hydrogen (secondary N) is 1. The van der Waals surface area contributed by atoms with Gasteiger partial charge in [-0.25, -0.2) is 9.18 Å². The molecule has 0 amide bonds. The SMILES string of the molecule is Cc1cc(F)ccc1N1CCNCC1C(=O)O. The smallest absolute Gasteiger partial charge is 0.327 e. The summed E-state index contributed by atoms with van der Waals surface area (Å²) in [6.07, 6.45) is 0. The van der Waals surface area contributed by atoms with Crippen LogP contribution in [-0.4, -0.2) is 36.8 Å². The van der Waals surface area contributed by atoms with Crippen LogP contribution in [0.15, 0.2) is 18.2 Å². The van der Waals surface area contributed by atoms with Crippen molar-refractivity contribution in [3.8, 4) is 0 Å². The van der Waals surface area contributed by atoms with E-state index in [-0.39, 0.29) is 5.82 Å². The first-order chi connectivity index (χ1) is 8.09. The topological polar surface area (TPSA) is 52.6 Å². The van der Waals surface area contributed by atoms with E-state index < -0.39 is 12.0 Å². The van der Waals surface area contributed by atoms with E-state index in [0.29, 0.717) is 13.1 Å². The summed E-state index contributed by atoms with van der Waals surface area (Å²) in [4.78, 5) is 13.0. The van der Waals surface area contributed by atoms with Crippen molar-refractivity contribution in [1.29, 1.82) is 0 Å². The number of anilines is 1. The number of aliphatic carboxylic acids is 1. The molecule has 17 heavy (non-hydrogen) atoms. The van der Waals surface area contributed by atoms with E-state index >= 15 is 0 Å². The molecule has 1 aliphatic rings. The van der Waals surface area contributed by atoms with E-state index in [4.69, 9.17) is 5.11 Å². The number of carbonyl (C=O) groups is 1. The molecular formula is C12H15FN2O2. The minimum Gasteiger partial charge on any atom is -0.480 e. The maximum atomic E-state index is 13.0. The van der Waals surface area contributed by atoms with E-state index in [1.165, 1.54) is 12.1 Å². The molecule has 1 aromatic carbocycles. The second-order valence-electron chi connectivity index (χ2n) is 4.18. The summed E-state index contributed by atoms with van der Waals surface area (Å²) in [6, 6.07) is 3.85. The number of hydrogen-bond donors (Lipinski definition) is 2. The Bertz CT molecular complexity index is 437. The number of nitrogens with zero attached hydrogens (tertiary/aromatic N) is 1. The van der Waals surface area contributed by atoms with Crippen LogP contribution in [0.2, 0.25) is 0 Å². The van der Waals surface area contributed by atoms with Gasteiger partial charge in [0.2, 0.25) is 0 Å². The zero-order chi connectivity index (χ0) is 12.4. The van der Waals surface area contributed by atoms with E-state index in [2.05, 4.69) is 5.32 Å². The number of carboxylic acid groups (broad SMARTS) is 1. The van der Waals surface area contributed by atoms with E-state index in [0.717, 1.165) is 17.8 Å². The monoisotopic (exact) mass is 238 g/mol. The Morgan fingerprint density at radius 2 is 2.35 bits per heavy atom. The molecule has 0 radical (unpaired) electrons. The zero-order valence-electron chi connectivity index (χ0n) is 9.61. The molecule has 1 aliphatic heterocycles. The Morgan fingerprint density at radius 3 is 3.00 bits per heavy atom. The minimum absolute atomic E-state index is 0.298. The van der Waals surface area contributed by atoms with Gasteiger partial charge in [-0.05, 0) is 30.7 Å². The summed E-state index contributed by atoms with van der Waals surface area (Å²) in [7, 11) is 0. The van der Waals surface area contributed by atoms with Gasteiger partial charge >= 0.3 is 5.97 Å². The Hall–Kier alpha value is -1.62. The van der Waals surface area contributed by atoms with Crippen LogP contribution in [0.1, 0.15) is 5.56 Å². The Morgan fingerprint density at radius 1 is 1.59 bits per heavy atom. The molecule has 0 aliphatic carbocycles. The molecule has 92 valence electrons. The van der Waals surface area contributed by atoms with Gasteiger partial charge < -0.3 is 15.3 Å². The van der Waals surface area contributed by atoms with Crippen molar-refractivity contribution in [1.82, 2.24) is 5.32 Å². The quantitative estimate of drug-likeness (QED) is 0.807. The lowest BCUT2D eigenvalue weighted by atomic mass is 10.1. The van der Waals surface area contributed by atoms with Gasteiger partial charge in [0.05, 0.1) is 0 Å². The van der Waals surface area contributed by atoms with Gasteiger partial charge in [-0.15, -0.1) is 0 Å². The maximum Gasteiger partial charge on any atom is 0.327 e. The number of hydrogen-bond acceptors (Lipinski definition) is 3. The van der Waals surface area contributed by atoms with Crippen LogP contribution in [0.5, 0.6) is 0 Å². The highest BCUT2D eigenvalue weighted by Crippen LogP contribution is 2.23. The average Bonchev–Trinajstić information content (AvgIpc) is 2.29. The molecular weight excluding hydrogens is 223 g/mol. The molecule has 2 N–H and O–H groups in total. The molecule has 1 unspecified atom stereocenters. The third kappa shape index (κ3) is 2.39. The number of carboxylic acids is 1. The van der Waals surface area contributed by atoms with Crippen LogP contribution in [0.25, 0.3) is 0 Å². The minimum atomic E-state index is -0.860. The molecule has 1 aromatic rings. The number of piperazine rings is 1.